The summed E-state index contributed by atoms with van der Waals surface area (Å²) in [7, 11) is 1.35. The fourth-order valence-corrected chi connectivity index (χ4v) is 3.30. The van der Waals surface area contributed by atoms with Crippen LogP contribution in [0.2, 0.25) is 0 Å². The number of nitrogens with one attached hydrogen (secondary N) is 1. The molecule has 2 aliphatic carbocycles. The van der Waals surface area contributed by atoms with Gasteiger partial charge in [0.2, 0.25) is 5.91 Å². The molecule has 0 heterocycles. The molecule has 0 unspecified atom stereocenters. The summed E-state index contributed by atoms with van der Waals surface area (Å²) >= 11 is 0. The van der Waals surface area contributed by atoms with Crippen molar-refractivity contribution >= 4 is 23.7 Å². The van der Waals surface area contributed by atoms with Crippen LogP contribution in [0.3, 0.4) is 0 Å². The van der Waals surface area contributed by atoms with Crippen molar-refractivity contribution < 1.29 is 28.6 Å². The molecule has 0 atom stereocenters. The molecule has 2 aliphatic rings. The third-order valence-corrected chi connectivity index (χ3v) is 4.67. The van der Waals surface area contributed by atoms with E-state index >= 15 is 0 Å². The summed E-state index contributed by atoms with van der Waals surface area (Å²) in [5, 5.41) is 2.83. The van der Waals surface area contributed by atoms with Gasteiger partial charge in [-0.05, 0) is 36.5 Å². The number of carbonyl (C=O) groups excluding carboxylic acids is 3. The van der Waals surface area contributed by atoms with Crippen molar-refractivity contribution in [2.75, 3.05) is 19.0 Å². The Bertz CT molecular complexity index is 876. The third kappa shape index (κ3) is 5.95. The highest BCUT2D eigenvalue weighted by atomic mass is 16.7. The minimum atomic E-state index is -0.836. The number of hydrogen-bond donors (Lipinski definition) is 1. The maximum Gasteiger partial charge on any atom is 0.513 e. The first-order chi connectivity index (χ1) is 14.4. The monoisotopic (exact) mass is 415 g/mol. The Morgan fingerprint density at radius 3 is 2.30 bits per heavy atom. The molecule has 0 aromatic carbocycles. The standard InChI is InChI=1S/C23H29NO6/c1-5-7-8-9-18-17-12-10-16(14-20(26)28-4)11-13-19(17)22(21(18)24-15(3)25)30-23(27)29-6-2/h10-13H,5-9,14H2,1-4H3,(H,24,25). The Morgan fingerprint density at radius 2 is 1.70 bits per heavy atom. The molecule has 2 rings (SSSR count). The van der Waals surface area contributed by atoms with Crippen molar-refractivity contribution in [1.29, 1.82) is 0 Å². The molecule has 1 N–H and O–H groups in total. The van der Waals surface area contributed by atoms with E-state index in [0.29, 0.717) is 17.7 Å². The molecular weight excluding hydrogens is 386 g/mol. The second-order valence-electron chi connectivity index (χ2n) is 6.93. The van der Waals surface area contributed by atoms with Gasteiger partial charge in [-0.3, -0.25) is 9.59 Å². The lowest BCUT2D eigenvalue weighted by Crippen LogP contribution is -2.13. The summed E-state index contributed by atoms with van der Waals surface area (Å²) in [6.45, 7) is 5.39. The highest BCUT2D eigenvalue weighted by Gasteiger charge is 2.27. The second-order valence-corrected chi connectivity index (χ2v) is 6.93. The first-order valence-corrected chi connectivity index (χ1v) is 10.2. The number of hydrogen-bond acceptors (Lipinski definition) is 6. The van der Waals surface area contributed by atoms with Gasteiger partial charge in [-0.2, -0.15) is 0 Å². The Hall–Kier alpha value is -3.09. The van der Waals surface area contributed by atoms with Crippen molar-refractivity contribution in [3.8, 4) is 16.9 Å². The number of rotatable bonds is 9. The van der Waals surface area contributed by atoms with Crippen LogP contribution in [0.4, 0.5) is 10.5 Å². The minimum Gasteiger partial charge on any atom is -0.469 e. The zero-order chi connectivity index (χ0) is 22.1. The molecule has 7 nitrogen and oxygen atoms in total. The fraction of sp³-hybridized carbons (Fsp3) is 0.435. The highest BCUT2D eigenvalue weighted by Crippen LogP contribution is 2.47. The van der Waals surface area contributed by atoms with Crippen molar-refractivity contribution in [2.24, 2.45) is 0 Å². The van der Waals surface area contributed by atoms with Gasteiger partial charge in [0, 0.05) is 12.5 Å². The van der Waals surface area contributed by atoms with Gasteiger partial charge in [0.25, 0.3) is 0 Å². The van der Waals surface area contributed by atoms with E-state index in [2.05, 4.69) is 12.2 Å². The van der Waals surface area contributed by atoms with Crippen molar-refractivity contribution in [3.63, 3.8) is 0 Å². The average Bonchev–Trinajstić information content (AvgIpc) is 2.83. The number of unbranched alkanes of at least 4 members (excludes halogenated alkanes) is 2. The number of ether oxygens (including phenoxy) is 3. The van der Waals surface area contributed by atoms with Crippen LogP contribution in [0, 0.1) is 0 Å². The molecule has 0 aromatic heterocycles. The van der Waals surface area contributed by atoms with Crippen LogP contribution in [-0.4, -0.2) is 31.7 Å². The predicted molar refractivity (Wildman–Crippen MR) is 114 cm³/mol. The average molecular weight is 415 g/mol. The maximum absolute atomic E-state index is 12.1. The van der Waals surface area contributed by atoms with E-state index in [1.807, 2.05) is 12.1 Å². The first-order valence-electron chi connectivity index (χ1n) is 10.2. The highest BCUT2D eigenvalue weighted by molar-refractivity contribution is 5.99. The van der Waals surface area contributed by atoms with Gasteiger partial charge in [0.15, 0.2) is 5.75 Å². The molecule has 0 saturated heterocycles. The smallest absolute Gasteiger partial charge is 0.469 e. The summed E-state index contributed by atoms with van der Waals surface area (Å²) in [6.07, 6.45) is 3.02. The van der Waals surface area contributed by atoms with Gasteiger partial charge >= 0.3 is 12.1 Å². The van der Waals surface area contributed by atoms with E-state index in [4.69, 9.17) is 14.2 Å². The van der Waals surface area contributed by atoms with Crippen LogP contribution < -0.4 is 10.1 Å². The quantitative estimate of drug-likeness (QED) is 0.470. The van der Waals surface area contributed by atoms with Crippen molar-refractivity contribution in [2.45, 2.75) is 52.9 Å². The molecule has 0 fully saturated rings. The lowest BCUT2D eigenvalue weighted by Gasteiger charge is -2.09. The van der Waals surface area contributed by atoms with Crippen LogP contribution in [0.5, 0.6) is 5.75 Å². The van der Waals surface area contributed by atoms with Crippen LogP contribution >= 0.6 is 0 Å². The van der Waals surface area contributed by atoms with E-state index in [1.54, 1.807) is 19.1 Å². The number of methoxy groups -OCH3 is 1. The van der Waals surface area contributed by atoms with Gasteiger partial charge in [0.1, 0.15) is 0 Å². The van der Waals surface area contributed by atoms with Crippen LogP contribution in [0.15, 0.2) is 24.3 Å². The molecule has 0 spiro atoms. The molecule has 0 aromatic rings. The number of carbonyl (C=O) groups is 3. The number of amides is 1. The zero-order valence-electron chi connectivity index (χ0n) is 18.0. The zero-order valence-corrected chi connectivity index (χ0v) is 18.0. The number of esters is 1. The van der Waals surface area contributed by atoms with Gasteiger partial charge in [-0.15, -0.1) is 0 Å². The lowest BCUT2D eigenvalue weighted by molar-refractivity contribution is -0.139. The van der Waals surface area contributed by atoms with E-state index < -0.39 is 6.16 Å². The molecule has 0 bridgehead atoms. The lowest BCUT2D eigenvalue weighted by atomic mass is 10.0. The van der Waals surface area contributed by atoms with Crippen molar-refractivity contribution in [3.05, 3.63) is 35.4 Å². The summed E-state index contributed by atoms with van der Waals surface area (Å²) in [6, 6.07) is 7.30. The summed E-state index contributed by atoms with van der Waals surface area (Å²) in [4.78, 5) is 35.6. The van der Waals surface area contributed by atoms with Gasteiger partial charge in [0.05, 0.1) is 25.8 Å². The Kier molecular flexibility index (Phi) is 8.65. The van der Waals surface area contributed by atoms with Gasteiger partial charge < -0.3 is 19.5 Å². The Labute approximate surface area is 177 Å². The topological polar surface area (TPSA) is 90.9 Å². The molecule has 0 radical (unpaired) electrons. The molecule has 162 valence electrons. The third-order valence-electron chi connectivity index (χ3n) is 4.67. The summed E-state index contributed by atoms with van der Waals surface area (Å²) in [5.74, 6) is -0.345. The van der Waals surface area contributed by atoms with Crippen LogP contribution in [-0.2, 0) is 31.9 Å². The number of anilines is 1. The minimum absolute atomic E-state index is 0.131. The fourth-order valence-electron chi connectivity index (χ4n) is 3.30. The predicted octanol–water partition coefficient (Wildman–Crippen LogP) is 4.73. The first kappa shape index (κ1) is 23.2. The second kappa shape index (κ2) is 11.2. The normalized spacial score (nSPS) is 10.5. The molecule has 0 aliphatic heterocycles. The summed E-state index contributed by atoms with van der Waals surface area (Å²) < 4.78 is 15.2. The van der Waals surface area contributed by atoms with E-state index in [1.165, 1.54) is 14.0 Å². The van der Waals surface area contributed by atoms with E-state index in [9.17, 15) is 14.4 Å². The Morgan fingerprint density at radius 1 is 1.00 bits per heavy atom. The van der Waals surface area contributed by atoms with Crippen LogP contribution in [0.25, 0.3) is 11.1 Å². The van der Waals surface area contributed by atoms with E-state index in [-0.39, 0.29) is 30.7 Å². The number of fused-ring (bicyclic) bond motifs is 1. The molecule has 1 amide bonds. The van der Waals surface area contributed by atoms with Gasteiger partial charge in [-0.25, -0.2) is 4.79 Å². The van der Waals surface area contributed by atoms with E-state index in [0.717, 1.165) is 36.0 Å². The largest absolute Gasteiger partial charge is 0.513 e. The molecule has 30 heavy (non-hydrogen) atoms. The van der Waals surface area contributed by atoms with Crippen LogP contribution in [0.1, 0.15) is 51.2 Å². The maximum atomic E-state index is 12.1. The Balaban J connectivity index is 2.61. The molecule has 0 saturated carbocycles. The molecular formula is C23H29NO6. The molecule has 7 heteroatoms. The summed E-state index contributed by atoms with van der Waals surface area (Å²) in [5.41, 5.74) is 3.66. The van der Waals surface area contributed by atoms with Gasteiger partial charge in [-0.1, -0.05) is 44.0 Å². The van der Waals surface area contributed by atoms with Crippen molar-refractivity contribution in [1.82, 2.24) is 0 Å². The SMILES string of the molecule is CCCCCc1c2ccc(CC(=O)OC)ccc-2c(OC(=O)OCC)c1NC(C)=O.